The topological polar surface area (TPSA) is 20.2 Å². The zero-order valence-electron chi connectivity index (χ0n) is 9.93. The first-order chi connectivity index (χ1) is 6.91. The molecule has 0 heterocycles. The van der Waals surface area contributed by atoms with E-state index in [4.69, 9.17) is 5.11 Å². The zero-order chi connectivity index (χ0) is 10.5. The first kappa shape index (κ1) is 14.0. The van der Waals surface area contributed by atoms with Gasteiger partial charge in [0.05, 0.1) is 0 Å². The van der Waals surface area contributed by atoms with Crippen molar-refractivity contribution in [1.82, 2.24) is 0 Å². The fraction of sp³-hybridized carbons (Fsp3) is 1.00. The van der Waals surface area contributed by atoms with Gasteiger partial charge in [0.2, 0.25) is 0 Å². The van der Waals surface area contributed by atoms with Gasteiger partial charge in [-0.15, -0.1) is 0 Å². The van der Waals surface area contributed by atoms with E-state index < -0.39 is 0 Å². The predicted octanol–water partition coefficient (Wildman–Crippen LogP) is 4.29. The van der Waals surface area contributed by atoms with Crippen LogP contribution in [0.4, 0.5) is 0 Å². The van der Waals surface area contributed by atoms with E-state index in [2.05, 4.69) is 6.92 Å². The van der Waals surface area contributed by atoms with Gasteiger partial charge >= 0.3 is 0 Å². The summed E-state index contributed by atoms with van der Waals surface area (Å²) in [6, 6.07) is 0. The molecule has 0 radical (unpaired) electrons. The maximum Gasteiger partial charge on any atom is 0.0431 e. The van der Waals surface area contributed by atoms with Gasteiger partial charge < -0.3 is 5.11 Å². The molecule has 0 spiro atoms. The van der Waals surface area contributed by atoms with Gasteiger partial charge in [-0.3, -0.25) is 0 Å². The van der Waals surface area contributed by atoms with Crippen LogP contribution in [-0.2, 0) is 0 Å². The lowest BCUT2D eigenvalue weighted by molar-refractivity contribution is 0.282. The molecule has 0 atom stereocenters. The number of aliphatic hydroxyl groups excluding tert-OH is 1. The summed E-state index contributed by atoms with van der Waals surface area (Å²) in [6.45, 7) is 2.56. The molecule has 1 N–H and O–H groups in total. The molecule has 1 heteroatoms. The van der Waals surface area contributed by atoms with Crippen molar-refractivity contribution in [3.63, 3.8) is 0 Å². The number of aliphatic hydroxyl groups is 1. The van der Waals surface area contributed by atoms with E-state index in [9.17, 15) is 0 Å². The average molecular weight is 200 g/mol. The summed E-state index contributed by atoms with van der Waals surface area (Å²) < 4.78 is 0. The third-order valence-corrected chi connectivity index (χ3v) is 2.76. The van der Waals surface area contributed by atoms with Gasteiger partial charge in [0.1, 0.15) is 0 Å². The minimum Gasteiger partial charge on any atom is -0.396 e. The Balaban J connectivity index is 0.000000249. The van der Waals surface area contributed by atoms with Crippen LogP contribution < -0.4 is 0 Å². The molecule has 0 aromatic rings. The van der Waals surface area contributed by atoms with E-state index in [1.807, 2.05) is 0 Å². The van der Waals surface area contributed by atoms with Crippen molar-refractivity contribution in [1.29, 1.82) is 0 Å². The Labute approximate surface area is 89.9 Å². The molecule has 14 heavy (non-hydrogen) atoms. The van der Waals surface area contributed by atoms with Crippen LogP contribution in [0, 0.1) is 0 Å². The molecular formula is C13H28O. The summed E-state index contributed by atoms with van der Waals surface area (Å²) in [7, 11) is 0. The third kappa shape index (κ3) is 12.0. The van der Waals surface area contributed by atoms with Gasteiger partial charge in [0, 0.05) is 6.61 Å². The van der Waals surface area contributed by atoms with E-state index in [-0.39, 0.29) is 0 Å². The molecule has 86 valence electrons. The van der Waals surface area contributed by atoms with Crippen molar-refractivity contribution in [2.24, 2.45) is 0 Å². The summed E-state index contributed by atoms with van der Waals surface area (Å²) in [4.78, 5) is 0. The van der Waals surface area contributed by atoms with Crippen molar-refractivity contribution < 1.29 is 5.11 Å². The number of unbranched alkanes of at least 4 members (excludes halogenated alkanes) is 4. The summed E-state index contributed by atoms with van der Waals surface area (Å²) in [5, 5.41) is 8.37. The Morgan fingerprint density at radius 1 is 0.714 bits per heavy atom. The van der Waals surface area contributed by atoms with Crippen molar-refractivity contribution in [3.05, 3.63) is 0 Å². The maximum absolute atomic E-state index is 8.37. The minimum atomic E-state index is 0.365. The van der Waals surface area contributed by atoms with Gasteiger partial charge in [-0.25, -0.2) is 0 Å². The number of rotatable bonds is 5. The highest BCUT2D eigenvalue weighted by Gasteiger charge is 1.95. The molecule has 0 aromatic carbocycles. The van der Waals surface area contributed by atoms with E-state index >= 15 is 0 Å². The molecule has 1 rings (SSSR count). The van der Waals surface area contributed by atoms with Crippen LogP contribution in [0.5, 0.6) is 0 Å². The average Bonchev–Trinajstić information content (AvgIpc) is 2.28. The molecule has 0 aromatic heterocycles. The predicted molar refractivity (Wildman–Crippen MR) is 63.5 cm³/mol. The van der Waals surface area contributed by atoms with Crippen LogP contribution >= 0.6 is 0 Å². The lowest BCUT2D eigenvalue weighted by Crippen LogP contribution is -1.85. The van der Waals surface area contributed by atoms with Gasteiger partial charge in [-0.05, 0) is 6.42 Å². The first-order valence-corrected chi connectivity index (χ1v) is 6.52. The summed E-state index contributed by atoms with van der Waals surface area (Å²) >= 11 is 0. The lowest BCUT2D eigenvalue weighted by Gasteiger charge is -2.05. The SMILES string of the molecule is C1CCCCC1.CCCCCCCO. The van der Waals surface area contributed by atoms with E-state index in [0.29, 0.717) is 6.61 Å². The minimum absolute atomic E-state index is 0.365. The van der Waals surface area contributed by atoms with Gasteiger partial charge in [-0.1, -0.05) is 71.1 Å². The fourth-order valence-corrected chi connectivity index (χ4v) is 1.78. The molecule has 1 nitrogen and oxygen atoms in total. The summed E-state index contributed by atoms with van der Waals surface area (Å²) in [6.07, 6.45) is 15.1. The second kappa shape index (κ2) is 13.0. The molecule has 0 saturated heterocycles. The van der Waals surface area contributed by atoms with E-state index in [0.717, 1.165) is 6.42 Å². The van der Waals surface area contributed by atoms with Crippen LogP contribution in [0.2, 0.25) is 0 Å². The third-order valence-electron chi connectivity index (χ3n) is 2.76. The van der Waals surface area contributed by atoms with Crippen LogP contribution in [0.15, 0.2) is 0 Å². The highest BCUT2D eigenvalue weighted by Crippen LogP contribution is 2.15. The van der Waals surface area contributed by atoms with Crippen molar-refractivity contribution in [3.8, 4) is 0 Å². The standard InChI is InChI=1S/C7H16O.C6H12/c1-2-3-4-5-6-7-8;1-2-4-6-5-3-1/h8H,2-7H2,1H3;1-6H2. The van der Waals surface area contributed by atoms with Gasteiger partial charge in [0.15, 0.2) is 0 Å². The largest absolute Gasteiger partial charge is 0.396 e. The summed E-state index contributed by atoms with van der Waals surface area (Å²) in [5.74, 6) is 0. The van der Waals surface area contributed by atoms with E-state index in [1.165, 1.54) is 64.2 Å². The smallest absolute Gasteiger partial charge is 0.0431 e. The van der Waals surface area contributed by atoms with Crippen LogP contribution in [0.25, 0.3) is 0 Å². The Hall–Kier alpha value is -0.0400. The number of hydrogen-bond donors (Lipinski definition) is 1. The first-order valence-electron chi connectivity index (χ1n) is 6.52. The molecule has 0 unspecified atom stereocenters. The lowest BCUT2D eigenvalue weighted by atomic mass is 10.0. The van der Waals surface area contributed by atoms with Crippen LogP contribution in [0.3, 0.4) is 0 Å². The van der Waals surface area contributed by atoms with Crippen molar-refractivity contribution in [2.45, 2.75) is 77.6 Å². The molecule has 1 aliphatic carbocycles. The molecular weight excluding hydrogens is 172 g/mol. The highest BCUT2D eigenvalue weighted by atomic mass is 16.2. The summed E-state index contributed by atoms with van der Waals surface area (Å²) in [5.41, 5.74) is 0. The second-order valence-electron chi connectivity index (χ2n) is 4.26. The highest BCUT2D eigenvalue weighted by molar-refractivity contribution is 4.51. The van der Waals surface area contributed by atoms with Gasteiger partial charge in [-0.2, -0.15) is 0 Å². The van der Waals surface area contributed by atoms with Crippen LogP contribution in [0.1, 0.15) is 77.6 Å². The Morgan fingerprint density at radius 2 is 1.14 bits per heavy atom. The Morgan fingerprint density at radius 3 is 1.50 bits per heavy atom. The second-order valence-corrected chi connectivity index (χ2v) is 4.26. The molecule has 0 amide bonds. The van der Waals surface area contributed by atoms with Crippen molar-refractivity contribution >= 4 is 0 Å². The maximum atomic E-state index is 8.37. The Kier molecular flexibility index (Phi) is 12.9. The van der Waals surface area contributed by atoms with Crippen molar-refractivity contribution in [2.75, 3.05) is 6.61 Å². The van der Waals surface area contributed by atoms with Gasteiger partial charge in [0.25, 0.3) is 0 Å². The molecule has 1 aliphatic rings. The Bertz CT molecular complexity index is 69.7. The normalized spacial score (nSPS) is 15.9. The molecule has 0 aliphatic heterocycles. The molecule has 1 fully saturated rings. The zero-order valence-corrected chi connectivity index (χ0v) is 9.93. The van der Waals surface area contributed by atoms with E-state index in [1.54, 1.807) is 0 Å². The fourth-order valence-electron chi connectivity index (χ4n) is 1.78. The number of hydrogen-bond acceptors (Lipinski definition) is 1. The van der Waals surface area contributed by atoms with Crippen LogP contribution in [-0.4, -0.2) is 11.7 Å². The molecule has 0 bridgehead atoms. The molecule has 1 saturated carbocycles. The monoisotopic (exact) mass is 200 g/mol. The quantitative estimate of drug-likeness (QED) is 0.656.